The van der Waals surface area contributed by atoms with Crippen LogP contribution in [0.15, 0.2) is 54.6 Å². The average molecular weight is 292 g/mol. The van der Waals surface area contributed by atoms with Crippen molar-refractivity contribution in [2.75, 3.05) is 33.2 Å². The third kappa shape index (κ3) is 2.47. The van der Waals surface area contributed by atoms with E-state index in [0.29, 0.717) is 12.0 Å². The molecule has 4 rings (SSSR count). The molecule has 0 N–H and O–H groups in total. The highest BCUT2D eigenvalue weighted by Crippen LogP contribution is 2.46. The fraction of sp³-hybridized carbons (Fsp3) is 0.400. The van der Waals surface area contributed by atoms with Crippen molar-refractivity contribution in [1.82, 2.24) is 9.80 Å². The van der Waals surface area contributed by atoms with Crippen LogP contribution in [0.1, 0.15) is 35.1 Å². The van der Waals surface area contributed by atoms with Gasteiger partial charge >= 0.3 is 0 Å². The molecule has 2 aromatic rings. The molecule has 0 amide bonds. The Bertz CT molecular complexity index is 629. The summed E-state index contributed by atoms with van der Waals surface area (Å²) in [4.78, 5) is 5.13. The van der Waals surface area contributed by atoms with Crippen LogP contribution in [0.5, 0.6) is 0 Å². The van der Waals surface area contributed by atoms with Crippen molar-refractivity contribution < 1.29 is 0 Å². The Morgan fingerprint density at radius 2 is 1.41 bits per heavy atom. The standard InChI is InChI=1S/C20H24N2/c1-21-11-13-22(14-12-21)20-15-19(16-7-3-2-4-8-16)17-9-5-6-10-18(17)20/h2-10,19-20H,11-15H2,1H3/t19-,20-/m0/s1. The second kappa shape index (κ2) is 5.86. The number of nitrogens with zero attached hydrogens (tertiary/aromatic N) is 2. The summed E-state index contributed by atoms with van der Waals surface area (Å²) in [6.45, 7) is 4.76. The summed E-state index contributed by atoms with van der Waals surface area (Å²) >= 11 is 0. The third-order valence-corrected chi connectivity index (χ3v) is 5.37. The van der Waals surface area contributed by atoms with Gasteiger partial charge in [-0.15, -0.1) is 0 Å². The van der Waals surface area contributed by atoms with E-state index in [0.717, 1.165) is 0 Å². The fourth-order valence-corrected chi connectivity index (χ4v) is 4.09. The topological polar surface area (TPSA) is 6.48 Å². The molecule has 2 nitrogen and oxygen atoms in total. The number of benzene rings is 2. The van der Waals surface area contributed by atoms with Crippen molar-refractivity contribution in [2.45, 2.75) is 18.4 Å². The van der Waals surface area contributed by atoms with Gasteiger partial charge in [-0.3, -0.25) is 4.90 Å². The lowest BCUT2D eigenvalue weighted by atomic mass is 9.93. The summed E-state index contributed by atoms with van der Waals surface area (Å²) in [5.41, 5.74) is 4.56. The Morgan fingerprint density at radius 1 is 0.773 bits per heavy atom. The first-order valence-electron chi connectivity index (χ1n) is 8.39. The molecular formula is C20H24N2. The lowest BCUT2D eigenvalue weighted by molar-refractivity contribution is 0.110. The van der Waals surface area contributed by atoms with E-state index in [-0.39, 0.29) is 0 Å². The first kappa shape index (κ1) is 14.0. The number of rotatable bonds is 2. The van der Waals surface area contributed by atoms with E-state index in [1.54, 1.807) is 5.56 Å². The highest BCUT2D eigenvalue weighted by molar-refractivity contribution is 5.44. The summed E-state index contributed by atoms with van der Waals surface area (Å²) in [5.74, 6) is 0.557. The van der Waals surface area contributed by atoms with Gasteiger partial charge in [-0.2, -0.15) is 0 Å². The van der Waals surface area contributed by atoms with Gasteiger partial charge < -0.3 is 4.90 Å². The van der Waals surface area contributed by atoms with E-state index in [1.165, 1.54) is 43.7 Å². The largest absolute Gasteiger partial charge is 0.304 e. The predicted molar refractivity (Wildman–Crippen MR) is 91.2 cm³/mol. The Morgan fingerprint density at radius 3 is 2.14 bits per heavy atom. The average Bonchev–Trinajstić information content (AvgIpc) is 2.96. The molecule has 1 aliphatic carbocycles. The number of hydrogen-bond acceptors (Lipinski definition) is 2. The molecule has 1 aliphatic heterocycles. The number of piperazine rings is 1. The molecule has 22 heavy (non-hydrogen) atoms. The second-order valence-corrected chi connectivity index (χ2v) is 6.68. The van der Waals surface area contributed by atoms with Crippen molar-refractivity contribution in [3.63, 3.8) is 0 Å². The quantitative estimate of drug-likeness (QED) is 0.836. The third-order valence-electron chi connectivity index (χ3n) is 5.37. The van der Waals surface area contributed by atoms with Gasteiger partial charge in [-0.25, -0.2) is 0 Å². The van der Waals surface area contributed by atoms with E-state index in [9.17, 15) is 0 Å². The van der Waals surface area contributed by atoms with Crippen molar-refractivity contribution in [2.24, 2.45) is 0 Å². The van der Waals surface area contributed by atoms with E-state index in [2.05, 4.69) is 71.4 Å². The van der Waals surface area contributed by atoms with Gasteiger partial charge in [0, 0.05) is 38.1 Å². The minimum atomic E-state index is 0.557. The van der Waals surface area contributed by atoms with E-state index >= 15 is 0 Å². The molecule has 1 saturated heterocycles. The van der Waals surface area contributed by atoms with Gasteiger partial charge in [0.2, 0.25) is 0 Å². The SMILES string of the molecule is CN1CCN([C@H]2C[C@@H](c3ccccc3)c3ccccc32)CC1. The van der Waals surface area contributed by atoms with Crippen molar-refractivity contribution in [1.29, 1.82) is 0 Å². The lowest BCUT2D eigenvalue weighted by Gasteiger charge is -2.37. The van der Waals surface area contributed by atoms with Crippen LogP contribution in [-0.4, -0.2) is 43.0 Å². The fourth-order valence-electron chi connectivity index (χ4n) is 4.09. The van der Waals surface area contributed by atoms with Crippen LogP contribution in [0, 0.1) is 0 Å². The maximum Gasteiger partial charge on any atom is 0.0361 e. The number of hydrogen-bond donors (Lipinski definition) is 0. The monoisotopic (exact) mass is 292 g/mol. The van der Waals surface area contributed by atoms with Crippen molar-refractivity contribution in [3.8, 4) is 0 Å². The van der Waals surface area contributed by atoms with Crippen LogP contribution in [0.4, 0.5) is 0 Å². The first-order chi connectivity index (χ1) is 10.8. The molecule has 2 heteroatoms. The van der Waals surface area contributed by atoms with E-state index < -0.39 is 0 Å². The molecule has 114 valence electrons. The van der Waals surface area contributed by atoms with Crippen LogP contribution in [0.25, 0.3) is 0 Å². The van der Waals surface area contributed by atoms with E-state index in [1.807, 2.05) is 0 Å². The van der Waals surface area contributed by atoms with Gasteiger partial charge in [0.15, 0.2) is 0 Å². The molecule has 0 bridgehead atoms. The molecule has 0 saturated carbocycles. The first-order valence-corrected chi connectivity index (χ1v) is 8.39. The summed E-state index contributed by atoms with van der Waals surface area (Å²) in [7, 11) is 2.23. The number of fused-ring (bicyclic) bond motifs is 1. The molecule has 1 fully saturated rings. The summed E-state index contributed by atoms with van der Waals surface area (Å²) in [5, 5.41) is 0. The summed E-state index contributed by atoms with van der Waals surface area (Å²) in [6.07, 6.45) is 1.23. The molecule has 1 heterocycles. The molecule has 2 atom stereocenters. The molecule has 0 unspecified atom stereocenters. The molecule has 0 spiro atoms. The lowest BCUT2D eigenvalue weighted by Crippen LogP contribution is -2.45. The van der Waals surface area contributed by atoms with Crippen LogP contribution >= 0.6 is 0 Å². The number of likely N-dealkylation sites (N-methyl/N-ethyl adjacent to an activating group) is 1. The molecule has 2 aromatic carbocycles. The summed E-state index contributed by atoms with van der Waals surface area (Å²) in [6, 6.07) is 20.7. The zero-order chi connectivity index (χ0) is 14.9. The second-order valence-electron chi connectivity index (χ2n) is 6.68. The maximum absolute atomic E-state index is 2.70. The van der Waals surface area contributed by atoms with Gasteiger partial charge in [-0.1, -0.05) is 54.6 Å². The normalized spacial score (nSPS) is 26.0. The molecular weight excluding hydrogens is 268 g/mol. The van der Waals surface area contributed by atoms with Crippen molar-refractivity contribution in [3.05, 3.63) is 71.3 Å². The van der Waals surface area contributed by atoms with Crippen LogP contribution in [0.3, 0.4) is 0 Å². The van der Waals surface area contributed by atoms with Gasteiger partial charge in [0.25, 0.3) is 0 Å². The van der Waals surface area contributed by atoms with Gasteiger partial charge in [0.1, 0.15) is 0 Å². The zero-order valence-corrected chi connectivity index (χ0v) is 13.3. The highest BCUT2D eigenvalue weighted by Gasteiger charge is 2.35. The zero-order valence-electron chi connectivity index (χ0n) is 13.3. The Kier molecular flexibility index (Phi) is 3.73. The highest BCUT2D eigenvalue weighted by atomic mass is 15.3. The molecule has 0 radical (unpaired) electrons. The Balaban J connectivity index is 1.65. The van der Waals surface area contributed by atoms with Crippen LogP contribution in [0.2, 0.25) is 0 Å². The Hall–Kier alpha value is -1.64. The van der Waals surface area contributed by atoms with Gasteiger partial charge in [-0.05, 0) is 30.2 Å². The minimum Gasteiger partial charge on any atom is -0.304 e. The van der Waals surface area contributed by atoms with Crippen LogP contribution < -0.4 is 0 Å². The predicted octanol–water partition coefficient (Wildman–Crippen LogP) is 3.51. The molecule has 0 aromatic heterocycles. The van der Waals surface area contributed by atoms with Crippen LogP contribution in [-0.2, 0) is 0 Å². The molecule has 2 aliphatic rings. The maximum atomic E-state index is 2.70. The summed E-state index contributed by atoms with van der Waals surface area (Å²) < 4.78 is 0. The van der Waals surface area contributed by atoms with E-state index in [4.69, 9.17) is 0 Å². The van der Waals surface area contributed by atoms with Gasteiger partial charge in [0.05, 0.1) is 0 Å². The minimum absolute atomic E-state index is 0.557. The smallest absolute Gasteiger partial charge is 0.0361 e. The van der Waals surface area contributed by atoms with Crippen molar-refractivity contribution >= 4 is 0 Å². The Labute approximate surface area is 133 Å².